The molecule has 1 fully saturated rings. The lowest BCUT2D eigenvalue weighted by molar-refractivity contribution is 0.476. The quantitative estimate of drug-likeness (QED) is 0.787. The monoisotopic (exact) mass is 280 g/mol. The van der Waals surface area contributed by atoms with Crippen LogP contribution in [-0.2, 0) is 19.3 Å². The molecule has 0 aliphatic heterocycles. The largest absolute Gasteiger partial charge is 0.309 e. The third-order valence-electron chi connectivity index (χ3n) is 4.13. The van der Waals surface area contributed by atoms with Crippen LogP contribution in [0.3, 0.4) is 0 Å². The van der Waals surface area contributed by atoms with Gasteiger partial charge in [0.15, 0.2) is 5.65 Å². The second-order valence-corrected chi connectivity index (χ2v) is 5.87. The van der Waals surface area contributed by atoms with Crippen molar-refractivity contribution >= 4 is 22.8 Å². The minimum Gasteiger partial charge on any atom is -0.309 e. The number of alkyl halides is 1. The van der Waals surface area contributed by atoms with Gasteiger partial charge in [-0.05, 0) is 32.1 Å². The fraction of sp³-hybridized carbons (Fsp3) is 0.714. The highest BCUT2D eigenvalue weighted by molar-refractivity contribution is 6.16. The Labute approximate surface area is 118 Å². The predicted octanol–water partition coefficient (Wildman–Crippen LogP) is 3.43. The van der Waals surface area contributed by atoms with E-state index < -0.39 is 0 Å². The predicted molar refractivity (Wildman–Crippen MR) is 77.5 cm³/mol. The Morgan fingerprint density at radius 3 is 2.74 bits per heavy atom. The van der Waals surface area contributed by atoms with Crippen molar-refractivity contribution in [2.45, 2.75) is 51.5 Å². The van der Waals surface area contributed by atoms with Crippen molar-refractivity contribution in [3.63, 3.8) is 0 Å². The average Bonchev–Trinajstić information content (AvgIpc) is 3.10. The van der Waals surface area contributed by atoms with Gasteiger partial charge < -0.3 is 4.57 Å². The summed E-state index contributed by atoms with van der Waals surface area (Å²) in [4.78, 5) is 4.75. The topological polar surface area (TPSA) is 35.6 Å². The molecule has 5 heteroatoms. The second kappa shape index (κ2) is 4.82. The van der Waals surface area contributed by atoms with Gasteiger partial charge in [0.05, 0.1) is 11.6 Å². The zero-order valence-electron chi connectivity index (χ0n) is 11.9. The minimum absolute atomic E-state index is 0.470. The highest BCUT2D eigenvalue weighted by Gasteiger charge is 2.32. The third kappa shape index (κ3) is 2.06. The molecule has 0 saturated heterocycles. The summed E-state index contributed by atoms with van der Waals surface area (Å²) in [5, 5.41) is 4.63. The molecule has 2 heterocycles. The van der Waals surface area contributed by atoms with E-state index in [9.17, 15) is 0 Å². The van der Waals surface area contributed by atoms with E-state index in [1.165, 1.54) is 12.8 Å². The van der Waals surface area contributed by atoms with E-state index in [2.05, 4.69) is 23.5 Å². The van der Waals surface area contributed by atoms with Crippen LogP contribution in [0.4, 0.5) is 0 Å². The summed E-state index contributed by atoms with van der Waals surface area (Å²) in [6.07, 6.45) is 4.71. The number of imidazole rings is 1. The summed E-state index contributed by atoms with van der Waals surface area (Å²) in [6.45, 7) is 4.45. The van der Waals surface area contributed by atoms with Gasteiger partial charge in [0.25, 0.3) is 0 Å². The van der Waals surface area contributed by atoms with Crippen molar-refractivity contribution in [3.05, 3.63) is 11.5 Å². The Hall–Kier alpha value is -1.03. The lowest BCUT2D eigenvalue weighted by Crippen LogP contribution is -2.12. The first-order valence-corrected chi connectivity index (χ1v) is 7.69. The summed E-state index contributed by atoms with van der Waals surface area (Å²) in [6, 6.07) is 0.476. The molecule has 1 aliphatic rings. The van der Waals surface area contributed by atoms with Crippen LogP contribution >= 0.6 is 11.6 Å². The van der Waals surface area contributed by atoms with Gasteiger partial charge in [-0.1, -0.05) is 13.3 Å². The summed E-state index contributed by atoms with van der Waals surface area (Å²) < 4.78 is 4.29. The van der Waals surface area contributed by atoms with Gasteiger partial charge in [-0.2, -0.15) is 5.10 Å². The van der Waals surface area contributed by atoms with Crippen LogP contribution < -0.4 is 0 Å². The molecular formula is C14H21ClN4. The molecule has 1 aliphatic carbocycles. The van der Waals surface area contributed by atoms with Crippen molar-refractivity contribution in [2.75, 3.05) is 0 Å². The maximum absolute atomic E-state index is 6.10. The first-order valence-electron chi connectivity index (χ1n) is 7.16. The number of nitrogens with zero attached hydrogens (tertiary/aromatic N) is 4. The molecule has 2 aromatic heterocycles. The van der Waals surface area contributed by atoms with Crippen molar-refractivity contribution in [3.8, 4) is 0 Å². The molecule has 1 atom stereocenters. The molecule has 1 saturated carbocycles. The number of aromatic nitrogens is 4. The fourth-order valence-corrected chi connectivity index (χ4v) is 3.15. The van der Waals surface area contributed by atoms with Gasteiger partial charge in [0.1, 0.15) is 11.3 Å². The lowest BCUT2D eigenvalue weighted by atomic mass is 10.2. The van der Waals surface area contributed by atoms with Gasteiger partial charge in [-0.15, -0.1) is 11.6 Å². The number of hydrogen-bond acceptors (Lipinski definition) is 2. The van der Waals surface area contributed by atoms with E-state index in [1.54, 1.807) is 0 Å². The number of fused-ring (bicyclic) bond motifs is 1. The van der Waals surface area contributed by atoms with Crippen LogP contribution in [0.5, 0.6) is 0 Å². The molecular weight excluding hydrogens is 260 g/mol. The Balaban J connectivity index is 2.17. The molecule has 0 spiro atoms. The SMILES string of the molecule is CCCc1nn(C)c2c1nc(CCl)n2C(C)C1CC1. The standard InChI is InChI=1S/C14H21ClN4/c1-4-5-11-13-14(18(3)17-11)19(12(8-15)16-13)9(2)10-6-7-10/h9-10H,4-8H2,1-3H3. The number of halogens is 1. The Morgan fingerprint density at radius 1 is 1.42 bits per heavy atom. The Bertz CT molecular complexity index is 594. The van der Waals surface area contributed by atoms with Crippen LogP contribution in [-0.4, -0.2) is 19.3 Å². The van der Waals surface area contributed by atoms with Crippen LogP contribution in [0.25, 0.3) is 11.2 Å². The summed E-state index contributed by atoms with van der Waals surface area (Å²) in [5.74, 6) is 2.24. The Kier molecular flexibility index (Phi) is 3.29. The van der Waals surface area contributed by atoms with Crippen LogP contribution in [0.2, 0.25) is 0 Å². The summed E-state index contributed by atoms with van der Waals surface area (Å²) in [7, 11) is 2.01. The summed E-state index contributed by atoms with van der Waals surface area (Å²) >= 11 is 6.10. The van der Waals surface area contributed by atoms with Crippen molar-refractivity contribution in [2.24, 2.45) is 13.0 Å². The van der Waals surface area contributed by atoms with E-state index in [0.29, 0.717) is 11.9 Å². The molecule has 104 valence electrons. The van der Waals surface area contributed by atoms with Crippen molar-refractivity contribution < 1.29 is 0 Å². The van der Waals surface area contributed by atoms with E-state index >= 15 is 0 Å². The molecule has 2 aromatic rings. The maximum atomic E-state index is 6.10. The highest BCUT2D eigenvalue weighted by Crippen LogP contribution is 2.41. The highest BCUT2D eigenvalue weighted by atomic mass is 35.5. The fourth-order valence-electron chi connectivity index (χ4n) is 2.96. The minimum atomic E-state index is 0.470. The zero-order valence-corrected chi connectivity index (χ0v) is 12.6. The molecule has 0 radical (unpaired) electrons. The normalized spacial score (nSPS) is 17.3. The van der Waals surface area contributed by atoms with Gasteiger partial charge >= 0.3 is 0 Å². The summed E-state index contributed by atoms with van der Waals surface area (Å²) in [5.41, 5.74) is 3.29. The molecule has 19 heavy (non-hydrogen) atoms. The van der Waals surface area contributed by atoms with Crippen LogP contribution in [0.1, 0.15) is 50.7 Å². The lowest BCUT2D eigenvalue weighted by Gasteiger charge is -2.16. The first-order chi connectivity index (χ1) is 9.17. The number of aryl methyl sites for hydroxylation is 2. The maximum Gasteiger partial charge on any atom is 0.158 e. The number of hydrogen-bond donors (Lipinski definition) is 0. The van der Waals surface area contributed by atoms with Gasteiger partial charge in [-0.3, -0.25) is 4.68 Å². The first kappa shape index (κ1) is 13.0. The smallest absolute Gasteiger partial charge is 0.158 e. The number of rotatable bonds is 5. The molecule has 0 bridgehead atoms. The molecule has 0 aromatic carbocycles. The van der Waals surface area contributed by atoms with Gasteiger partial charge in [-0.25, -0.2) is 4.98 Å². The Morgan fingerprint density at radius 2 is 2.16 bits per heavy atom. The van der Waals surface area contributed by atoms with E-state index in [4.69, 9.17) is 16.6 Å². The van der Waals surface area contributed by atoms with Gasteiger partial charge in [0.2, 0.25) is 0 Å². The molecule has 3 rings (SSSR count). The van der Waals surface area contributed by atoms with Crippen molar-refractivity contribution in [1.82, 2.24) is 19.3 Å². The van der Waals surface area contributed by atoms with Crippen molar-refractivity contribution in [1.29, 1.82) is 0 Å². The van der Waals surface area contributed by atoms with Gasteiger partial charge in [0, 0.05) is 13.1 Å². The van der Waals surface area contributed by atoms with E-state index in [0.717, 1.165) is 41.4 Å². The second-order valence-electron chi connectivity index (χ2n) is 5.60. The van der Waals surface area contributed by atoms with Crippen LogP contribution in [0, 0.1) is 5.92 Å². The van der Waals surface area contributed by atoms with E-state index in [-0.39, 0.29) is 0 Å². The van der Waals surface area contributed by atoms with E-state index in [1.807, 2.05) is 11.7 Å². The molecule has 0 amide bonds. The van der Waals surface area contributed by atoms with Crippen LogP contribution in [0.15, 0.2) is 0 Å². The molecule has 1 unspecified atom stereocenters. The molecule has 0 N–H and O–H groups in total. The zero-order chi connectivity index (χ0) is 13.6. The third-order valence-corrected chi connectivity index (χ3v) is 4.37. The average molecular weight is 281 g/mol. The molecule has 4 nitrogen and oxygen atoms in total.